The van der Waals surface area contributed by atoms with E-state index >= 15 is 0 Å². The van der Waals surface area contributed by atoms with Crippen molar-refractivity contribution in [3.8, 4) is 5.75 Å². The van der Waals surface area contributed by atoms with Gasteiger partial charge >= 0.3 is 0 Å². The SMILES string of the molecule is CCCNC(C)CCCOc1cc(C)ccc1F. The van der Waals surface area contributed by atoms with Crippen molar-refractivity contribution in [2.75, 3.05) is 13.2 Å². The molecule has 0 amide bonds. The normalized spacial score (nSPS) is 12.4. The summed E-state index contributed by atoms with van der Waals surface area (Å²) in [5.74, 6) is 0.0851. The highest BCUT2D eigenvalue weighted by Crippen LogP contribution is 2.18. The van der Waals surface area contributed by atoms with Crippen LogP contribution in [0.1, 0.15) is 38.7 Å². The van der Waals surface area contributed by atoms with Crippen LogP contribution in [0, 0.1) is 12.7 Å². The topological polar surface area (TPSA) is 21.3 Å². The van der Waals surface area contributed by atoms with E-state index in [1.807, 2.05) is 6.92 Å². The van der Waals surface area contributed by atoms with Crippen molar-refractivity contribution in [1.82, 2.24) is 5.32 Å². The molecular formula is C15H24FNO. The molecule has 2 nitrogen and oxygen atoms in total. The summed E-state index contributed by atoms with van der Waals surface area (Å²) in [6, 6.07) is 5.44. The third kappa shape index (κ3) is 5.50. The molecule has 0 heterocycles. The van der Waals surface area contributed by atoms with Crippen LogP contribution in [0.2, 0.25) is 0 Å². The highest BCUT2D eigenvalue weighted by molar-refractivity contribution is 5.29. The smallest absolute Gasteiger partial charge is 0.165 e. The van der Waals surface area contributed by atoms with Crippen LogP contribution in [0.4, 0.5) is 4.39 Å². The van der Waals surface area contributed by atoms with Crippen LogP contribution in [0.15, 0.2) is 18.2 Å². The van der Waals surface area contributed by atoms with Crippen LogP contribution in [0.3, 0.4) is 0 Å². The van der Waals surface area contributed by atoms with Crippen molar-refractivity contribution in [2.45, 2.75) is 46.1 Å². The van der Waals surface area contributed by atoms with E-state index in [1.165, 1.54) is 6.07 Å². The molecule has 3 heteroatoms. The number of nitrogens with one attached hydrogen (secondary N) is 1. The maximum Gasteiger partial charge on any atom is 0.165 e. The first-order valence-corrected chi connectivity index (χ1v) is 6.75. The van der Waals surface area contributed by atoms with Gasteiger partial charge < -0.3 is 10.1 Å². The van der Waals surface area contributed by atoms with Gasteiger partial charge in [-0.3, -0.25) is 0 Å². The Hall–Kier alpha value is -1.09. The Bertz CT molecular complexity index is 354. The van der Waals surface area contributed by atoms with E-state index in [2.05, 4.69) is 19.2 Å². The molecule has 1 rings (SSSR count). The number of hydrogen-bond acceptors (Lipinski definition) is 2. The van der Waals surface area contributed by atoms with E-state index in [0.29, 0.717) is 18.4 Å². The number of benzene rings is 1. The maximum atomic E-state index is 13.4. The van der Waals surface area contributed by atoms with Gasteiger partial charge in [0.2, 0.25) is 0 Å². The molecule has 0 saturated heterocycles. The van der Waals surface area contributed by atoms with E-state index in [4.69, 9.17) is 4.74 Å². The Morgan fingerprint density at radius 1 is 1.39 bits per heavy atom. The van der Waals surface area contributed by atoms with E-state index in [0.717, 1.165) is 31.4 Å². The molecule has 0 bridgehead atoms. The fraction of sp³-hybridized carbons (Fsp3) is 0.600. The minimum absolute atomic E-state index is 0.280. The first-order chi connectivity index (χ1) is 8.63. The van der Waals surface area contributed by atoms with Crippen molar-refractivity contribution in [3.63, 3.8) is 0 Å². The molecule has 0 aliphatic carbocycles. The number of halogens is 1. The molecule has 102 valence electrons. The van der Waals surface area contributed by atoms with Crippen LogP contribution in [-0.4, -0.2) is 19.2 Å². The predicted octanol–water partition coefficient (Wildman–Crippen LogP) is 3.68. The molecule has 1 unspecified atom stereocenters. The van der Waals surface area contributed by atoms with Gasteiger partial charge in [0.15, 0.2) is 11.6 Å². The van der Waals surface area contributed by atoms with Crippen LogP contribution in [-0.2, 0) is 0 Å². The standard InChI is InChI=1S/C15H24FNO/c1-4-9-17-13(3)6-5-10-18-15-11-12(2)7-8-14(15)16/h7-8,11,13,17H,4-6,9-10H2,1-3H3. The molecule has 1 aromatic carbocycles. The summed E-state index contributed by atoms with van der Waals surface area (Å²) in [6.07, 6.45) is 3.13. The Balaban J connectivity index is 2.23. The summed E-state index contributed by atoms with van der Waals surface area (Å²) >= 11 is 0. The lowest BCUT2D eigenvalue weighted by molar-refractivity contribution is 0.284. The second-order valence-electron chi connectivity index (χ2n) is 4.78. The summed E-state index contributed by atoms with van der Waals surface area (Å²) in [5, 5.41) is 3.42. The summed E-state index contributed by atoms with van der Waals surface area (Å²) in [4.78, 5) is 0. The van der Waals surface area contributed by atoms with Gasteiger partial charge in [-0.2, -0.15) is 0 Å². The van der Waals surface area contributed by atoms with Gasteiger partial charge in [0, 0.05) is 6.04 Å². The quantitative estimate of drug-likeness (QED) is 0.714. The molecule has 0 saturated carbocycles. The molecule has 18 heavy (non-hydrogen) atoms. The fourth-order valence-electron chi connectivity index (χ4n) is 1.79. The van der Waals surface area contributed by atoms with Gasteiger partial charge in [-0.1, -0.05) is 13.0 Å². The number of hydrogen-bond donors (Lipinski definition) is 1. The Morgan fingerprint density at radius 2 is 2.17 bits per heavy atom. The van der Waals surface area contributed by atoms with E-state index < -0.39 is 0 Å². The lowest BCUT2D eigenvalue weighted by Crippen LogP contribution is -2.26. The second-order valence-corrected chi connectivity index (χ2v) is 4.78. The van der Waals surface area contributed by atoms with Crippen molar-refractivity contribution in [2.24, 2.45) is 0 Å². The van der Waals surface area contributed by atoms with Gasteiger partial charge in [0.1, 0.15) is 0 Å². The average Bonchev–Trinajstić information content (AvgIpc) is 2.36. The third-order valence-corrected chi connectivity index (χ3v) is 2.87. The zero-order chi connectivity index (χ0) is 13.4. The zero-order valence-electron chi connectivity index (χ0n) is 11.6. The molecule has 0 radical (unpaired) electrons. The van der Waals surface area contributed by atoms with Crippen molar-refractivity contribution in [3.05, 3.63) is 29.6 Å². The maximum absolute atomic E-state index is 13.4. The highest BCUT2D eigenvalue weighted by atomic mass is 19.1. The summed E-state index contributed by atoms with van der Waals surface area (Å²) in [5.41, 5.74) is 1.02. The molecule has 0 aliphatic rings. The Morgan fingerprint density at radius 3 is 2.89 bits per heavy atom. The predicted molar refractivity (Wildman–Crippen MR) is 73.6 cm³/mol. The van der Waals surface area contributed by atoms with Crippen LogP contribution < -0.4 is 10.1 Å². The molecule has 0 aliphatic heterocycles. The largest absolute Gasteiger partial charge is 0.491 e. The van der Waals surface area contributed by atoms with E-state index in [-0.39, 0.29) is 5.82 Å². The van der Waals surface area contributed by atoms with Crippen LogP contribution in [0.25, 0.3) is 0 Å². The lowest BCUT2D eigenvalue weighted by Gasteiger charge is -2.13. The minimum atomic E-state index is -0.280. The summed E-state index contributed by atoms with van der Waals surface area (Å²) in [7, 11) is 0. The van der Waals surface area contributed by atoms with Gasteiger partial charge in [0.25, 0.3) is 0 Å². The van der Waals surface area contributed by atoms with E-state index in [9.17, 15) is 4.39 Å². The molecule has 1 aromatic rings. The Labute approximate surface area is 110 Å². The monoisotopic (exact) mass is 253 g/mol. The first-order valence-electron chi connectivity index (χ1n) is 6.75. The second kappa shape index (κ2) is 8.09. The molecule has 0 fully saturated rings. The summed E-state index contributed by atoms with van der Waals surface area (Å²) < 4.78 is 18.9. The van der Waals surface area contributed by atoms with Crippen molar-refractivity contribution >= 4 is 0 Å². The van der Waals surface area contributed by atoms with Crippen molar-refractivity contribution in [1.29, 1.82) is 0 Å². The third-order valence-electron chi connectivity index (χ3n) is 2.87. The first kappa shape index (κ1) is 15.0. The number of rotatable bonds is 8. The lowest BCUT2D eigenvalue weighted by atomic mass is 10.2. The molecule has 1 N–H and O–H groups in total. The zero-order valence-corrected chi connectivity index (χ0v) is 11.6. The molecule has 0 aromatic heterocycles. The number of ether oxygens (including phenoxy) is 1. The fourth-order valence-corrected chi connectivity index (χ4v) is 1.79. The average molecular weight is 253 g/mol. The number of aryl methyl sites for hydroxylation is 1. The van der Waals surface area contributed by atoms with E-state index in [1.54, 1.807) is 12.1 Å². The van der Waals surface area contributed by atoms with Gasteiger partial charge in [-0.15, -0.1) is 0 Å². The molecular weight excluding hydrogens is 229 g/mol. The molecule has 1 atom stereocenters. The van der Waals surface area contributed by atoms with Crippen LogP contribution >= 0.6 is 0 Å². The highest BCUT2D eigenvalue weighted by Gasteiger charge is 2.04. The molecule has 0 spiro atoms. The van der Waals surface area contributed by atoms with Crippen LogP contribution in [0.5, 0.6) is 5.75 Å². The summed E-state index contributed by atoms with van der Waals surface area (Å²) in [6.45, 7) is 7.88. The van der Waals surface area contributed by atoms with Gasteiger partial charge in [0.05, 0.1) is 6.61 Å². The van der Waals surface area contributed by atoms with Gasteiger partial charge in [-0.25, -0.2) is 4.39 Å². The Kier molecular flexibility index (Phi) is 6.73. The van der Waals surface area contributed by atoms with Crippen molar-refractivity contribution < 1.29 is 9.13 Å². The van der Waals surface area contributed by atoms with Gasteiger partial charge in [-0.05, 0) is 57.4 Å². The minimum Gasteiger partial charge on any atom is -0.491 e.